The van der Waals surface area contributed by atoms with Crippen LogP contribution in [0.15, 0.2) is 38.6 Å². The number of nitrogens with zero attached hydrogens (tertiary/aromatic N) is 1. The molecule has 5 heteroatoms. The minimum atomic E-state index is 0.0279. The van der Waals surface area contributed by atoms with Crippen LogP contribution >= 0.6 is 43.2 Å². The maximum Gasteiger partial charge on any atom is 0.255 e. The molecule has 2 aromatic rings. The Balaban J connectivity index is 2.17. The van der Waals surface area contributed by atoms with Crippen LogP contribution in [0.2, 0.25) is 0 Å². The number of benzene rings is 1. The van der Waals surface area contributed by atoms with Crippen LogP contribution in [0.5, 0.6) is 0 Å². The van der Waals surface area contributed by atoms with Gasteiger partial charge in [-0.25, -0.2) is 0 Å². The molecule has 0 unspecified atom stereocenters. The van der Waals surface area contributed by atoms with Crippen LogP contribution in [0.25, 0.3) is 0 Å². The fourth-order valence-electron chi connectivity index (χ4n) is 1.76. The molecule has 1 amide bonds. The number of amides is 1. The van der Waals surface area contributed by atoms with Gasteiger partial charge in [0.05, 0.1) is 12.1 Å². The Hall–Kier alpha value is -0.650. The zero-order valence-electron chi connectivity index (χ0n) is 10.6. The van der Waals surface area contributed by atoms with Gasteiger partial charge in [0, 0.05) is 26.3 Å². The molecule has 0 aliphatic heterocycles. The summed E-state index contributed by atoms with van der Waals surface area (Å²) >= 11 is 8.56. The van der Waals surface area contributed by atoms with E-state index in [4.69, 9.17) is 0 Å². The van der Waals surface area contributed by atoms with Crippen molar-refractivity contribution in [3.05, 3.63) is 54.6 Å². The van der Waals surface area contributed by atoms with Crippen LogP contribution in [0.4, 0.5) is 0 Å². The number of aryl methyl sites for hydroxylation is 1. The van der Waals surface area contributed by atoms with Crippen molar-refractivity contribution in [2.45, 2.75) is 13.5 Å². The molecule has 0 aliphatic rings. The van der Waals surface area contributed by atoms with E-state index in [-0.39, 0.29) is 5.91 Å². The van der Waals surface area contributed by atoms with E-state index in [1.54, 1.807) is 16.2 Å². The Kier molecular flexibility index (Phi) is 4.81. The summed E-state index contributed by atoms with van der Waals surface area (Å²) in [5.74, 6) is 0.0279. The fraction of sp³-hybridized carbons (Fsp3) is 0.214. The molecule has 19 heavy (non-hydrogen) atoms. The van der Waals surface area contributed by atoms with Crippen molar-refractivity contribution in [3.8, 4) is 0 Å². The molecule has 0 N–H and O–H groups in total. The monoisotopic (exact) mass is 401 g/mol. The van der Waals surface area contributed by atoms with Gasteiger partial charge < -0.3 is 4.90 Å². The quantitative estimate of drug-likeness (QED) is 0.718. The molecular weight excluding hydrogens is 390 g/mol. The predicted octanol–water partition coefficient (Wildman–Crippen LogP) is 4.85. The van der Waals surface area contributed by atoms with Gasteiger partial charge in [-0.05, 0) is 56.5 Å². The highest BCUT2D eigenvalue weighted by Crippen LogP contribution is 2.24. The molecular formula is C14H13Br2NOS. The zero-order valence-corrected chi connectivity index (χ0v) is 14.6. The summed E-state index contributed by atoms with van der Waals surface area (Å²) in [6, 6.07) is 7.78. The van der Waals surface area contributed by atoms with E-state index in [2.05, 4.69) is 31.9 Å². The average molecular weight is 403 g/mol. The van der Waals surface area contributed by atoms with Crippen LogP contribution in [0, 0.1) is 6.92 Å². The van der Waals surface area contributed by atoms with E-state index >= 15 is 0 Å². The second kappa shape index (κ2) is 6.20. The van der Waals surface area contributed by atoms with Crippen molar-refractivity contribution < 1.29 is 4.79 Å². The summed E-state index contributed by atoms with van der Waals surface area (Å²) in [4.78, 5) is 15.3. The SMILES string of the molecule is Cc1cccc(C(=O)N(C)Cc2cc(Br)cs2)c1Br. The van der Waals surface area contributed by atoms with Gasteiger partial charge in [-0.2, -0.15) is 0 Å². The highest BCUT2D eigenvalue weighted by atomic mass is 79.9. The summed E-state index contributed by atoms with van der Waals surface area (Å²) in [7, 11) is 1.82. The molecule has 0 atom stereocenters. The normalized spacial score (nSPS) is 10.5. The summed E-state index contributed by atoms with van der Waals surface area (Å²) in [6.45, 7) is 2.60. The third-order valence-electron chi connectivity index (χ3n) is 2.78. The van der Waals surface area contributed by atoms with Gasteiger partial charge >= 0.3 is 0 Å². The minimum Gasteiger partial charge on any atom is -0.337 e. The Labute approximate surface area is 133 Å². The van der Waals surface area contributed by atoms with E-state index < -0.39 is 0 Å². The van der Waals surface area contributed by atoms with E-state index in [1.807, 2.05) is 43.6 Å². The molecule has 100 valence electrons. The maximum atomic E-state index is 12.4. The number of rotatable bonds is 3. The number of carbonyl (C=O) groups excluding carboxylic acids is 1. The topological polar surface area (TPSA) is 20.3 Å². The molecule has 1 aromatic carbocycles. The molecule has 2 rings (SSSR count). The van der Waals surface area contributed by atoms with Crippen molar-refractivity contribution in [1.82, 2.24) is 4.90 Å². The number of thiophene rings is 1. The first kappa shape index (κ1) is 14.8. The van der Waals surface area contributed by atoms with Crippen LogP contribution in [0.3, 0.4) is 0 Å². The Morgan fingerprint density at radius 1 is 1.37 bits per heavy atom. The molecule has 0 radical (unpaired) electrons. The largest absolute Gasteiger partial charge is 0.337 e. The molecule has 1 heterocycles. The molecule has 0 spiro atoms. The van der Waals surface area contributed by atoms with Gasteiger partial charge in [0.2, 0.25) is 0 Å². The summed E-state index contributed by atoms with van der Waals surface area (Å²) in [5, 5.41) is 2.02. The third-order valence-corrected chi connectivity index (χ3v) is 5.52. The van der Waals surface area contributed by atoms with Crippen LogP contribution in [0.1, 0.15) is 20.8 Å². The van der Waals surface area contributed by atoms with Gasteiger partial charge in [0.15, 0.2) is 0 Å². The number of carbonyl (C=O) groups is 1. The first-order valence-corrected chi connectivity index (χ1v) is 8.19. The van der Waals surface area contributed by atoms with Crippen LogP contribution < -0.4 is 0 Å². The average Bonchev–Trinajstić information content (AvgIpc) is 2.77. The summed E-state index contributed by atoms with van der Waals surface area (Å²) in [6.07, 6.45) is 0. The highest BCUT2D eigenvalue weighted by Gasteiger charge is 2.16. The molecule has 2 nitrogen and oxygen atoms in total. The van der Waals surface area contributed by atoms with Gasteiger partial charge in [-0.3, -0.25) is 4.79 Å². The lowest BCUT2D eigenvalue weighted by atomic mass is 10.1. The van der Waals surface area contributed by atoms with Crippen molar-refractivity contribution in [3.63, 3.8) is 0 Å². The lowest BCUT2D eigenvalue weighted by Crippen LogP contribution is -2.26. The van der Waals surface area contributed by atoms with Gasteiger partial charge in [-0.1, -0.05) is 12.1 Å². The maximum absolute atomic E-state index is 12.4. The number of halogens is 2. The predicted molar refractivity (Wildman–Crippen MR) is 86.7 cm³/mol. The summed E-state index contributed by atoms with van der Waals surface area (Å²) in [5.41, 5.74) is 1.77. The van der Waals surface area contributed by atoms with E-state index in [0.29, 0.717) is 12.1 Å². The summed E-state index contributed by atoms with van der Waals surface area (Å²) < 4.78 is 1.93. The molecule has 0 bridgehead atoms. The van der Waals surface area contributed by atoms with Crippen molar-refractivity contribution >= 4 is 49.1 Å². The van der Waals surface area contributed by atoms with Crippen molar-refractivity contribution in [2.24, 2.45) is 0 Å². The third kappa shape index (κ3) is 3.46. The molecule has 0 saturated heterocycles. The van der Waals surface area contributed by atoms with Crippen LogP contribution in [-0.4, -0.2) is 17.9 Å². The Morgan fingerprint density at radius 2 is 2.11 bits per heavy atom. The van der Waals surface area contributed by atoms with Crippen molar-refractivity contribution in [2.75, 3.05) is 7.05 Å². The van der Waals surface area contributed by atoms with Gasteiger partial charge in [0.1, 0.15) is 0 Å². The zero-order chi connectivity index (χ0) is 14.0. The fourth-order valence-corrected chi connectivity index (χ4v) is 3.70. The highest BCUT2D eigenvalue weighted by molar-refractivity contribution is 9.10. The van der Waals surface area contributed by atoms with E-state index in [1.165, 1.54) is 0 Å². The van der Waals surface area contributed by atoms with E-state index in [0.717, 1.165) is 19.4 Å². The van der Waals surface area contributed by atoms with E-state index in [9.17, 15) is 4.79 Å². The van der Waals surface area contributed by atoms with Gasteiger partial charge in [-0.15, -0.1) is 11.3 Å². The van der Waals surface area contributed by atoms with Crippen molar-refractivity contribution in [1.29, 1.82) is 0 Å². The molecule has 1 aromatic heterocycles. The van der Waals surface area contributed by atoms with Gasteiger partial charge in [0.25, 0.3) is 5.91 Å². The molecule has 0 saturated carbocycles. The Bertz CT molecular complexity index is 609. The second-order valence-electron chi connectivity index (χ2n) is 4.33. The van der Waals surface area contributed by atoms with Crippen LogP contribution in [-0.2, 0) is 6.54 Å². The molecule has 0 aliphatic carbocycles. The lowest BCUT2D eigenvalue weighted by molar-refractivity contribution is 0.0785. The number of hydrogen-bond acceptors (Lipinski definition) is 2. The standard InChI is InChI=1S/C14H13Br2NOS/c1-9-4-3-5-12(13(9)16)14(18)17(2)7-11-6-10(15)8-19-11/h3-6,8H,7H2,1-2H3. The Morgan fingerprint density at radius 3 is 2.74 bits per heavy atom. The second-order valence-corrected chi connectivity index (χ2v) is 7.03. The molecule has 0 fully saturated rings. The lowest BCUT2D eigenvalue weighted by Gasteiger charge is -2.17. The smallest absolute Gasteiger partial charge is 0.255 e. The number of hydrogen-bond donors (Lipinski definition) is 0. The first-order chi connectivity index (χ1) is 8.99. The first-order valence-electron chi connectivity index (χ1n) is 5.72. The minimum absolute atomic E-state index is 0.0279.